The second kappa shape index (κ2) is 6.27. The average Bonchev–Trinajstić information content (AvgIpc) is 2.24. The number of anilines is 1. The molecular weight excluding hydrogens is 206 g/mol. The lowest BCUT2D eigenvalue weighted by Gasteiger charge is -2.15. The molecule has 1 atom stereocenters. The summed E-state index contributed by atoms with van der Waals surface area (Å²) in [4.78, 5) is 8.43. The summed E-state index contributed by atoms with van der Waals surface area (Å²) >= 11 is 0. The van der Waals surface area contributed by atoms with E-state index in [1.54, 1.807) is 13.3 Å². The van der Waals surface area contributed by atoms with Crippen LogP contribution in [0.4, 0.5) is 5.95 Å². The van der Waals surface area contributed by atoms with Gasteiger partial charge in [-0.15, -0.1) is 0 Å². The molecule has 1 aromatic rings. The number of ether oxygens (including phenoxy) is 2. The highest BCUT2D eigenvalue weighted by atomic mass is 16.5. The van der Waals surface area contributed by atoms with Gasteiger partial charge < -0.3 is 14.8 Å². The van der Waals surface area contributed by atoms with Crippen molar-refractivity contribution in [2.24, 2.45) is 0 Å². The second-order valence-corrected chi connectivity index (χ2v) is 3.60. The maximum atomic E-state index is 5.66. The molecular formula is C11H19N3O2. The van der Waals surface area contributed by atoms with Crippen molar-refractivity contribution in [3.8, 4) is 5.88 Å². The predicted molar refractivity (Wildman–Crippen MR) is 62.9 cm³/mol. The summed E-state index contributed by atoms with van der Waals surface area (Å²) in [7, 11) is 1.65. The van der Waals surface area contributed by atoms with E-state index in [9.17, 15) is 0 Å². The fraction of sp³-hybridized carbons (Fsp3) is 0.636. The van der Waals surface area contributed by atoms with Crippen LogP contribution in [0.15, 0.2) is 6.20 Å². The molecule has 0 amide bonds. The van der Waals surface area contributed by atoms with E-state index in [4.69, 9.17) is 9.47 Å². The highest BCUT2D eigenvalue weighted by Gasteiger charge is 2.09. The topological polar surface area (TPSA) is 56.3 Å². The fourth-order valence-electron chi connectivity index (χ4n) is 1.25. The van der Waals surface area contributed by atoms with Gasteiger partial charge in [0.1, 0.15) is 6.10 Å². The monoisotopic (exact) mass is 225 g/mol. The van der Waals surface area contributed by atoms with Crippen molar-refractivity contribution in [2.45, 2.75) is 26.9 Å². The van der Waals surface area contributed by atoms with Crippen LogP contribution in [0.3, 0.4) is 0 Å². The lowest BCUT2D eigenvalue weighted by molar-refractivity contribution is 0.0884. The molecule has 0 aliphatic rings. The Hall–Kier alpha value is -1.36. The van der Waals surface area contributed by atoms with Gasteiger partial charge in [0.25, 0.3) is 0 Å². The van der Waals surface area contributed by atoms with E-state index in [2.05, 4.69) is 15.3 Å². The molecule has 0 saturated carbocycles. The maximum absolute atomic E-state index is 5.66. The minimum Gasteiger partial charge on any atom is -0.472 e. The Kier molecular flexibility index (Phi) is 4.98. The standard InChI is InChI=1S/C11H19N3O2/c1-5-12-11-13-6-8(2)10(14-11)16-9(3)7-15-4/h6,9H,5,7H2,1-4H3,(H,12,13,14). The molecule has 0 saturated heterocycles. The van der Waals surface area contributed by atoms with Gasteiger partial charge in [-0.1, -0.05) is 0 Å². The third-order valence-corrected chi connectivity index (χ3v) is 1.97. The van der Waals surface area contributed by atoms with Crippen molar-refractivity contribution in [1.29, 1.82) is 0 Å². The Balaban J connectivity index is 2.73. The van der Waals surface area contributed by atoms with Gasteiger partial charge in [0.2, 0.25) is 11.8 Å². The molecule has 0 aromatic carbocycles. The first-order valence-corrected chi connectivity index (χ1v) is 5.40. The van der Waals surface area contributed by atoms with Crippen molar-refractivity contribution in [1.82, 2.24) is 9.97 Å². The predicted octanol–water partition coefficient (Wildman–Crippen LogP) is 1.63. The number of nitrogens with one attached hydrogen (secondary N) is 1. The number of aromatic nitrogens is 2. The molecule has 5 heteroatoms. The van der Waals surface area contributed by atoms with Crippen LogP contribution in [0, 0.1) is 6.92 Å². The van der Waals surface area contributed by atoms with Gasteiger partial charge in [-0.3, -0.25) is 0 Å². The summed E-state index contributed by atoms with van der Waals surface area (Å²) in [5.41, 5.74) is 0.921. The summed E-state index contributed by atoms with van der Waals surface area (Å²) in [6, 6.07) is 0. The molecule has 1 aromatic heterocycles. The Morgan fingerprint density at radius 1 is 1.50 bits per heavy atom. The summed E-state index contributed by atoms with van der Waals surface area (Å²) < 4.78 is 10.7. The molecule has 1 N–H and O–H groups in total. The molecule has 90 valence electrons. The molecule has 1 unspecified atom stereocenters. The zero-order valence-electron chi connectivity index (χ0n) is 10.3. The molecule has 1 heterocycles. The van der Waals surface area contributed by atoms with Gasteiger partial charge in [-0.05, 0) is 20.8 Å². The highest BCUT2D eigenvalue weighted by molar-refractivity contribution is 5.32. The van der Waals surface area contributed by atoms with Gasteiger partial charge in [0.05, 0.1) is 6.61 Å². The van der Waals surface area contributed by atoms with Gasteiger partial charge in [-0.25, -0.2) is 4.98 Å². The number of rotatable bonds is 6. The third kappa shape index (κ3) is 3.66. The van der Waals surface area contributed by atoms with E-state index in [1.807, 2.05) is 20.8 Å². The quantitative estimate of drug-likeness (QED) is 0.797. The van der Waals surface area contributed by atoms with Gasteiger partial charge in [0, 0.05) is 25.4 Å². The third-order valence-electron chi connectivity index (χ3n) is 1.97. The zero-order valence-corrected chi connectivity index (χ0v) is 10.3. The molecule has 5 nitrogen and oxygen atoms in total. The number of nitrogens with zero attached hydrogens (tertiary/aromatic N) is 2. The summed E-state index contributed by atoms with van der Waals surface area (Å²) in [5.74, 6) is 1.20. The molecule has 0 fully saturated rings. The van der Waals surface area contributed by atoms with Crippen LogP contribution in [-0.2, 0) is 4.74 Å². The minimum atomic E-state index is -0.0203. The molecule has 1 rings (SSSR count). The Labute approximate surface area is 96.2 Å². The number of aryl methyl sites for hydroxylation is 1. The minimum absolute atomic E-state index is 0.0203. The average molecular weight is 225 g/mol. The normalized spacial score (nSPS) is 12.2. The maximum Gasteiger partial charge on any atom is 0.225 e. The van der Waals surface area contributed by atoms with Crippen LogP contribution in [0.5, 0.6) is 5.88 Å². The molecule has 16 heavy (non-hydrogen) atoms. The number of methoxy groups -OCH3 is 1. The summed E-state index contributed by atoms with van der Waals surface area (Å²) in [6.45, 7) is 7.19. The molecule has 0 spiro atoms. The van der Waals surface area contributed by atoms with E-state index in [0.29, 0.717) is 18.4 Å². The second-order valence-electron chi connectivity index (χ2n) is 3.60. The van der Waals surface area contributed by atoms with Crippen LogP contribution >= 0.6 is 0 Å². The SMILES string of the molecule is CCNc1ncc(C)c(OC(C)COC)n1. The van der Waals surface area contributed by atoms with E-state index in [0.717, 1.165) is 12.1 Å². The van der Waals surface area contributed by atoms with E-state index in [1.165, 1.54) is 0 Å². The molecule has 0 bridgehead atoms. The lowest BCUT2D eigenvalue weighted by atomic mass is 10.3. The summed E-state index contributed by atoms with van der Waals surface area (Å²) in [5, 5.41) is 3.05. The van der Waals surface area contributed by atoms with E-state index >= 15 is 0 Å². The van der Waals surface area contributed by atoms with E-state index in [-0.39, 0.29) is 6.10 Å². The fourth-order valence-corrected chi connectivity index (χ4v) is 1.25. The zero-order chi connectivity index (χ0) is 12.0. The van der Waals surface area contributed by atoms with Crippen LogP contribution in [-0.4, -0.2) is 36.3 Å². The first-order valence-electron chi connectivity index (χ1n) is 5.40. The van der Waals surface area contributed by atoms with Crippen LogP contribution < -0.4 is 10.1 Å². The first-order chi connectivity index (χ1) is 7.67. The molecule has 0 radical (unpaired) electrons. The lowest BCUT2D eigenvalue weighted by Crippen LogP contribution is -2.19. The van der Waals surface area contributed by atoms with Crippen LogP contribution in [0.25, 0.3) is 0 Å². The summed E-state index contributed by atoms with van der Waals surface area (Å²) in [6.07, 6.45) is 1.73. The number of hydrogen-bond donors (Lipinski definition) is 1. The van der Waals surface area contributed by atoms with Gasteiger partial charge >= 0.3 is 0 Å². The highest BCUT2D eigenvalue weighted by Crippen LogP contribution is 2.16. The Morgan fingerprint density at radius 3 is 2.88 bits per heavy atom. The molecule has 0 aliphatic carbocycles. The van der Waals surface area contributed by atoms with Crippen LogP contribution in [0.2, 0.25) is 0 Å². The van der Waals surface area contributed by atoms with Crippen molar-refractivity contribution in [3.05, 3.63) is 11.8 Å². The Morgan fingerprint density at radius 2 is 2.25 bits per heavy atom. The van der Waals surface area contributed by atoms with Crippen molar-refractivity contribution in [2.75, 3.05) is 25.6 Å². The first kappa shape index (κ1) is 12.7. The van der Waals surface area contributed by atoms with Crippen molar-refractivity contribution < 1.29 is 9.47 Å². The number of hydrogen-bond acceptors (Lipinski definition) is 5. The smallest absolute Gasteiger partial charge is 0.225 e. The van der Waals surface area contributed by atoms with Crippen LogP contribution in [0.1, 0.15) is 19.4 Å². The van der Waals surface area contributed by atoms with Crippen molar-refractivity contribution in [3.63, 3.8) is 0 Å². The van der Waals surface area contributed by atoms with Gasteiger partial charge in [0.15, 0.2) is 0 Å². The Bertz CT molecular complexity index is 331. The van der Waals surface area contributed by atoms with E-state index < -0.39 is 0 Å². The largest absolute Gasteiger partial charge is 0.472 e. The van der Waals surface area contributed by atoms with Gasteiger partial charge in [-0.2, -0.15) is 4.98 Å². The van der Waals surface area contributed by atoms with Crippen molar-refractivity contribution >= 4 is 5.95 Å². The molecule has 0 aliphatic heterocycles.